The molecule has 0 aliphatic carbocycles. The Bertz CT molecular complexity index is 492. The lowest BCUT2D eigenvalue weighted by atomic mass is 10.0. The molecule has 1 aliphatic heterocycles. The molecule has 2 aromatic rings. The van der Waals surface area contributed by atoms with Crippen LogP contribution in [0, 0.1) is 0 Å². The van der Waals surface area contributed by atoms with E-state index in [0.29, 0.717) is 6.04 Å². The van der Waals surface area contributed by atoms with Crippen LogP contribution in [0.4, 0.5) is 0 Å². The molecule has 1 fully saturated rings. The molecule has 0 spiro atoms. The second kappa shape index (κ2) is 6.03. The summed E-state index contributed by atoms with van der Waals surface area (Å²) in [6, 6.07) is 22.4. The summed E-state index contributed by atoms with van der Waals surface area (Å²) < 4.78 is 0. The third-order valence-electron chi connectivity index (χ3n) is 4.08. The SMILES string of the molecule is c1ccc(CCN2CCC[C@@H]2c2ccccc2)cc1. The first kappa shape index (κ1) is 12.4. The van der Waals surface area contributed by atoms with Gasteiger partial charge in [-0.25, -0.2) is 0 Å². The number of benzene rings is 2. The Morgan fingerprint density at radius 2 is 1.58 bits per heavy atom. The lowest BCUT2D eigenvalue weighted by Crippen LogP contribution is -2.25. The van der Waals surface area contributed by atoms with Crippen LogP contribution in [0.1, 0.15) is 30.0 Å². The molecule has 1 nitrogen and oxygen atoms in total. The van der Waals surface area contributed by atoms with E-state index in [-0.39, 0.29) is 0 Å². The van der Waals surface area contributed by atoms with Gasteiger partial charge in [-0.1, -0.05) is 60.7 Å². The highest BCUT2D eigenvalue weighted by molar-refractivity contribution is 5.20. The topological polar surface area (TPSA) is 3.24 Å². The first-order chi connectivity index (χ1) is 9.43. The second-order valence-electron chi connectivity index (χ2n) is 5.34. The van der Waals surface area contributed by atoms with Crippen LogP contribution < -0.4 is 0 Å². The number of hydrogen-bond acceptors (Lipinski definition) is 1. The van der Waals surface area contributed by atoms with Gasteiger partial charge >= 0.3 is 0 Å². The van der Waals surface area contributed by atoms with Gasteiger partial charge in [-0.15, -0.1) is 0 Å². The maximum Gasteiger partial charge on any atom is 0.0348 e. The van der Waals surface area contributed by atoms with Crippen LogP contribution in [0.2, 0.25) is 0 Å². The van der Waals surface area contributed by atoms with Crippen LogP contribution >= 0.6 is 0 Å². The quantitative estimate of drug-likeness (QED) is 0.792. The summed E-state index contributed by atoms with van der Waals surface area (Å²) in [5.74, 6) is 0. The number of rotatable bonds is 4. The molecule has 3 rings (SSSR count). The van der Waals surface area contributed by atoms with E-state index in [9.17, 15) is 0 Å². The predicted octanol–water partition coefficient (Wildman–Crippen LogP) is 4.07. The second-order valence-corrected chi connectivity index (χ2v) is 5.34. The molecular formula is C18H21N. The maximum atomic E-state index is 2.64. The van der Waals surface area contributed by atoms with E-state index in [0.717, 1.165) is 6.42 Å². The van der Waals surface area contributed by atoms with Crippen LogP contribution in [0.5, 0.6) is 0 Å². The standard InChI is InChI=1S/C18H21N/c1-3-8-16(9-4-1)13-15-19-14-7-12-18(19)17-10-5-2-6-11-17/h1-6,8-11,18H,7,12-15H2/t18-/m1/s1. The molecule has 0 radical (unpaired) electrons. The average molecular weight is 251 g/mol. The van der Waals surface area contributed by atoms with Crippen LogP contribution in [0.15, 0.2) is 60.7 Å². The van der Waals surface area contributed by atoms with E-state index >= 15 is 0 Å². The van der Waals surface area contributed by atoms with Crippen LogP contribution in [0.3, 0.4) is 0 Å². The normalized spacial score (nSPS) is 19.7. The Balaban J connectivity index is 1.64. The van der Waals surface area contributed by atoms with Crippen molar-refractivity contribution in [2.45, 2.75) is 25.3 Å². The summed E-state index contributed by atoms with van der Waals surface area (Å²) in [6.07, 6.45) is 3.79. The van der Waals surface area contributed by atoms with Crippen molar-refractivity contribution in [3.8, 4) is 0 Å². The summed E-state index contributed by atoms with van der Waals surface area (Å²) in [6.45, 7) is 2.41. The van der Waals surface area contributed by atoms with Crippen molar-refractivity contribution in [2.75, 3.05) is 13.1 Å². The van der Waals surface area contributed by atoms with Gasteiger partial charge < -0.3 is 0 Å². The molecule has 1 aliphatic rings. The van der Waals surface area contributed by atoms with Crippen molar-refractivity contribution in [1.82, 2.24) is 4.90 Å². The number of hydrogen-bond donors (Lipinski definition) is 0. The molecule has 2 aromatic carbocycles. The van der Waals surface area contributed by atoms with Crippen LogP contribution in [0.25, 0.3) is 0 Å². The van der Waals surface area contributed by atoms with Crippen molar-refractivity contribution in [3.63, 3.8) is 0 Å². The molecule has 1 atom stereocenters. The molecule has 0 N–H and O–H groups in total. The molecule has 0 amide bonds. The van der Waals surface area contributed by atoms with E-state index in [1.165, 1.54) is 37.1 Å². The van der Waals surface area contributed by atoms with E-state index in [4.69, 9.17) is 0 Å². The summed E-state index contributed by atoms with van der Waals surface area (Å²) in [5.41, 5.74) is 2.93. The fourth-order valence-electron chi connectivity index (χ4n) is 3.06. The monoisotopic (exact) mass is 251 g/mol. The fourth-order valence-corrected chi connectivity index (χ4v) is 3.06. The first-order valence-corrected chi connectivity index (χ1v) is 7.26. The number of likely N-dealkylation sites (tertiary alicyclic amines) is 1. The average Bonchev–Trinajstić information content (AvgIpc) is 2.95. The van der Waals surface area contributed by atoms with Gasteiger partial charge in [0.1, 0.15) is 0 Å². The van der Waals surface area contributed by atoms with Crippen LogP contribution in [-0.4, -0.2) is 18.0 Å². The zero-order chi connectivity index (χ0) is 12.9. The summed E-state index contributed by atoms with van der Waals surface area (Å²) in [7, 11) is 0. The van der Waals surface area contributed by atoms with Gasteiger partial charge in [-0.3, -0.25) is 4.90 Å². The highest BCUT2D eigenvalue weighted by Gasteiger charge is 2.25. The van der Waals surface area contributed by atoms with Crippen molar-refractivity contribution in [2.24, 2.45) is 0 Å². The Morgan fingerprint density at radius 1 is 0.895 bits per heavy atom. The molecule has 1 saturated heterocycles. The Kier molecular flexibility index (Phi) is 3.95. The molecule has 19 heavy (non-hydrogen) atoms. The van der Waals surface area contributed by atoms with Gasteiger partial charge in [0.25, 0.3) is 0 Å². The zero-order valence-electron chi connectivity index (χ0n) is 11.3. The van der Waals surface area contributed by atoms with Gasteiger partial charge in [-0.05, 0) is 36.9 Å². The van der Waals surface area contributed by atoms with E-state index in [1.807, 2.05) is 0 Å². The van der Waals surface area contributed by atoms with Crippen LogP contribution in [-0.2, 0) is 6.42 Å². The molecule has 98 valence electrons. The lowest BCUT2D eigenvalue weighted by Gasteiger charge is -2.24. The van der Waals surface area contributed by atoms with Gasteiger partial charge in [-0.2, -0.15) is 0 Å². The van der Waals surface area contributed by atoms with Gasteiger partial charge in [0.15, 0.2) is 0 Å². The Labute approximate surface area is 115 Å². The summed E-state index contributed by atoms with van der Waals surface area (Å²) >= 11 is 0. The molecule has 0 aromatic heterocycles. The minimum absolute atomic E-state index is 0.630. The third-order valence-corrected chi connectivity index (χ3v) is 4.08. The fraction of sp³-hybridized carbons (Fsp3) is 0.333. The van der Waals surface area contributed by atoms with E-state index in [2.05, 4.69) is 65.6 Å². The van der Waals surface area contributed by atoms with E-state index < -0.39 is 0 Å². The highest BCUT2D eigenvalue weighted by atomic mass is 15.2. The van der Waals surface area contributed by atoms with Gasteiger partial charge in [0.2, 0.25) is 0 Å². The molecule has 1 heterocycles. The van der Waals surface area contributed by atoms with Gasteiger partial charge in [0.05, 0.1) is 0 Å². The number of nitrogens with zero attached hydrogens (tertiary/aromatic N) is 1. The molecule has 0 bridgehead atoms. The summed E-state index contributed by atoms with van der Waals surface area (Å²) in [5, 5.41) is 0. The molecule has 1 heteroatoms. The molecular weight excluding hydrogens is 230 g/mol. The summed E-state index contributed by atoms with van der Waals surface area (Å²) in [4.78, 5) is 2.64. The highest BCUT2D eigenvalue weighted by Crippen LogP contribution is 2.31. The molecule has 0 saturated carbocycles. The van der Waals surface area contributed by atoms with Crippen molar-refractivity contribution >= 4 is 0 Å². The van der Waals surface area contributed by atoms with E-state index in [1.54, 1.807) is 0 Å². The van der Waals surface area contributed by atoms with Crippen molar-refractivity contribution in [1.29, 1.82) is 0 Å². The zero-order valence-corrected chi connectivity index (χ0v) is 11.3. The maximum absolute atomic E-state index is 2.64. The largest absolute Gasteiger partial charge is 0.296 e. The third kappa shape index (κ3) is 3.05. The Hall–Kier alpha value is -1.60. The lowest BCUT2D eigenvalue weighted by molar-refractivity contribution is 0.260. The minimum atomic E-state index is 0.630. The first-order valence-electron chi connectivity index (χ1n) is 7.26. The van der Waals surface area contributed by atoms with Crippen molar-refractivity contribution < 1.29 is 0 Å². The smallest absolute Gasteiger partial charge is 0.0348 e. The van der Waals surface area contributed by atoms with Crippen molar-refractivity contribution in [3.05, 3.63) is 71.8 Å². The predicted molar refractivity (Wildman–Crippen MR) is 80.1 cm³/mol. The molecule has 0 unspecified atom stereocenters. The Morgan fingerprint density at radius 3 is 2.32 bits per heavy atom. The minimum Gasteiger partial charge on any atom is -0.296 e. The van der Waals surface area contributed by atoms with Gasteiger partial charge in [0, 0.05) is 12.6 Å².